The molecule has 2 rings (SSSR count). The Morgan fingerprint density at radius 1 is 1.37 bits per heavy atom. The Labute approximate surface area is 116 Å². The van der Waals surface area contributed by atoms with Crippen LogP contribution in [0.25, 0.3) is 0 Å². The molecule has 2 atom stereocenters. The van der Waals surface area contributed by atoms with E-state index in [2.05, 4.69) is 49.0 Å². The molecule has 1 aromatic heterocycles. The van der Waals surface area contributed by atoms with E-state index in [1.807, 2.05) is 6.92 Å². The number of ether oxygens (including phenoxy) is 1. The van der Waals surface area contributed by atoms with Gasteiger partial charge in [-0.05, 0) is 25.3 Å². The van der Waals surface area contributed by atoms with E-state index < -0.39 is 0 Å². The first-order valence-corrected chi connectivity index (χ1v) is 6.99. The van der Waals surface area contributed by atoms with Crippen LogP contribution in [0.15, 0.2) is 6.07 Å². The number of rotatable bonds is 4. The number of nitrogens with zero attached hydrogens (tertiary/aromatic N) is 2. The summed E-state index contributed by atoms with van der Waals surface area (Å²) in [5.74, 6) is 1.17. The zero-order valence-electron chi connectivity index (χ0n) is 12.8. The van der Waals surface area contributed by atoms with Crippen molar-refractivity contribution in [2.24, 2.45) is 5.41 Å². The molecule has 0 aliphatic heterocycles. The molecule has 1 aliphatic rings. The van der Waals surface area contributed by atoms with E-state index >= 15 is 0 Å². The summed E-state index contributed by atoms with van der Waals surface area (Å²) >= 11 is 0. The topological polar surface area (TPSA) is 47.0 Å². The molecule has 1 heterocycles. The second-order valence-corrected chi connectivity index (χ2v) is 6.39. The van der Waals surface area contributed by atoms with Gasteiger partial charge in [0.25, 0.3) is 0 Å². The number of aryl methyl sites for hydroxylation is 1. The van der Waals surface area contributed by atoms with Gasteiger partial charge in [0.05, 0.1) is 6.10 Å². The third-order valence-electron chi connectivity index (χ3n) is 4.23. The molecule has 0 saturated heterocycles. The molecule has 19 heavy (non-hydrogen) atoms. The Balaban J connectivity index is 2.12. The van der Waals surface area contributed by atoms with Gasteiger partial charge in [0.15, 0.2) is 0 Å². The number of hydrogen-bond acceptors (Lipinski definition) is 4. The van der Waals surface area contributed by atoms with Crippen LogP contribution in [0, 0.1) is 12.3 Å². The van der Waals surface area contributed by atoms with Crippen LogP contribution >= 0.6 is 0 Å². The first-order chi connectivity index (χ1) is 8.84. The summed E-state index contributed by atoms with van der Waals surface area (Å²) in [7, 11) is 1.78. The number of methoxy groups -OCH3 is 1. The minimum absolute atomic E-state index is 0.125. The smallest absolute Gasteiger partial charge is 0.223 e. The summed E-state index contributed by atoms with van der Waals surface area (Å²) in [4.78, 5) is 9.10. The molecule has 4 nitrogen and oxygen atoms in total. The Morgan fingerprint density at radius 2 is 2.05 bits per heavy atom. The van der Waals surface area contributed by atoms with Gasteiger partial charge in [-0.2, -0.15) is 0 Å². The van der Waals surface area contributed by atoms with Gasteiger partial charge in [0, 0.05) is 30.0 Å². The molecule has 0 aromatic carbocycles. The van der Waals surface area contributed by atoms with Gasteiger partial charge in [-0.25, -0.2) is 9.97 Å². The van der Waals surface area contributed by atoms with Gasteiger partial charge < -0.3 is 10.1 Å². The fourth-order valence-electron chi connectivity index (χ4n) is 2.64. The molecule has 4 heteroatoms. The average molecular weight is 263 g/mol. The van der Waals surface area contributed by atoms with Crippen LogP contribution in [0.5, 0.6) is 0 Å². The second kappa shape index (κ2) is 5.08. The van der Waals surface area contributed by atoms with Crippen LogP contribution in [0.1, 0.15) is 51.4 Å². The van der Waals surface area contributed by atoms with Crippen molar-refractivity contribution in [3.05, 3.63) is 17.5 Å². The van der Waals surface area contributed by atoms with Gasteiger partial charge in [-0.1, -0.05) is 27.7 Å². The molecule has 0 radical (unpaired) electrons. The molecule has 1 saturated carbocycles. The molecule has 1 aromatic rings. The predicted molar refractivity (Wildman–Crippen MR) is 77.5 cm³/mol. The van der Waals surface area contributed by atoms with Crippen molar-refractivity contribution in [3.63, 3.8) is 0 Å². The van der Waals surface area contributed by atoms with Crippen LogP contribution in [0.2, 0.25) is 0 Å². The van der Waals surface area contributed by atoms with Crippen LogP contribution in [-0.2, 0) is 4.74 Å². The highest BCUT2D eigenvalue weighted by molar-refractivity contribution is 5.33. The lowest BCUT2D eigenvalue weighted by molar-refractivity contribution is -0.0796. The molecule has 1 N–H and O–H groups in total. The van der Waals surface area contributed by atoms with Crippen LogP contribution < -0.4 is 5.32 Å². The van der Waals surface area contributed by atoms with Crippen LogP contribution in [0.4, 0.5) is 5.95 Å². The van der Waals surface area contributed by atoms with Crippen molar-refractivity contribution in [1.29, 1.82) is 0 Å². The Bertz CT molecular complexity index is 457. The normalized spacial score (nSPS) is 25.2. The van der Waals surface area contributed by atoms with E-state index in [1.54, 1.807) is 7.11 Å². The maximum Gasteiger partial charge on any atom is 0.223 e. The van der Waals surface area contributed by atoms with Crippen molar-refractivity contribution in [3.8, 4) is 0 Å². The number of anilines is 1. The van der Waals surface area contributed by atoms with Crippen molar-refractivity contribution < 1.29 is 4.74 Å². The first kappa shape index (κ1) is 14.3. The van der Waals surface area contributed by atoms with Gasteiger partial charge >= 0.3 is 0 Å². The second-order valence-electron chi connectivity index (χ2n) is 6.39. The van der Waals surface area contributed by atoms with E-state index in [9.17, 15) is 0 Å². The maximum absolute atomic E-state index is 5.47. The molecule has 0 spiro atoms. The Hall–Kier alpha value is -1.16. The number of hydrogen-bond donors (Lipinski definition) is 1. The van der Waals surface area contributed by atoms with E-state index in [-0.39, 0.29) is 5.41 Å². The molecule has 106 valence electrons. The van der Waals surface area contributed by atoms with E-state index in [0.717, 1.165) is 23.8 Å². The zero-order valence-corrected chi connectivity index (χ0v) is 12.8. The molecular weight excluding hydrogens is 238 g/mol. The minimum atomic E-state index is 0.125. The van der Waals surface area contributed by atoms with Crippen molar-refractivity contribution in [2.75, 3.05) is 12.4 Å². The predicted octanol–water partition coefficient (Wildman–Crippen LogP) is 3.13. The highest BCUT2D eigenvalue weighted by atomic mass is 16.5. The fraction of sp³-hybridized carbons (Fsp3) is 0.733. The lowest BCUT2D eigenvalue weighted by atomic mass is 9.64. The number of aromatic nitrogens is 2. The van der Waals surface area contributed by atoms with Crippen molar-refractivity contribution >= 4 is 5.95 Å². The maximum atomic E-state index is 5.47. The van der Waals surface area contributed by atoms with E-state index in [0.29, 0.717) is 18.1 Å². The monoisotopic (exact) mass is 263 g/mol. The van der Waals surface area contributed by atoms with Crippen LogP contribution in [-0.4, -0.2) is 29.2 Å². The molecule has 1 aliphatic carbocycles. The molecule has 0 amide bonds. The highest BCUT2D eigenvalue weighted by Crippen LogP contribution is 2.43. The third-order valence-corrected chi connectivity index (χ3v) is 4.23. The summed E-state index contributed by atoms with van der Waals surface area (Å²) in [5, 5.41) is 3.47. The highest BCUT2D eigenvalue weighted by Gasteiger charge is 2.48. The van der Waals surface area contributed by atoms with Crippen molar-refractivity contribution in [2.45, 2.75) is 59.1 Å². The Morgan fingerprint density at radius 3 is 2.58 bits per heavy atom. The summed E-state index contributed by atoms with van der Waals surface area (Å²) in [6, 6.07) is 2.43. The van der Waals surface area contributed by atoms with Gasteiger partial charge in [0.2, 0.25) is 5.95 Å². The van der Waals surface area contributed by atoms with Gasteiger partial charge in [-0.3, -0.25) is 0 Å². The minimum Gasteiger partial charge on any atom is -0.381 e. The molecule has 2 unspecified atom stereocenters. The first-order valence-electron chi connectivity index (χ1n) is 6.99. The standard InChI is InChI=1S/C15H25N3O/c1-9(2)11-7-10(3)16-14(17-11)18-12-8-13(19-6)15(12,4)5/h7,9,12-13H,8H2,1-6H3,(H,16,17,18). The SMILES string of the molecule is COC1CC(Nc2nc(C)cc(C(C)C)n2)C1(C)C. The van der Waals surface area contributed by atoms with Gasteiger partial charge in [0.1, 0.15) is 0 Å². The summed E-state index contributed by atoms with van der Waals surface area (Å²) in [6.07, 6.45) is 1.33. The van der Waals surface area contributed by atoms with Crippen LogP contribution in [0.3, 0.4) is 0 Å². The van der Waals surface area contributed by atoms with Gasteiger partial charge in [-0.15, -0.1) is 0 Å². The molecule has 0 bridgehead atoms. The zero-order chi connectivity index (χ0) is 14.2. The lowest BCUT2D eigenvalue weighted by Gasteiger charge is -2.51. The number of nitrogens with one attached hydrogen (secondary N) is 1. The van der Waals surface area contributed by atoms with E-state index in [1.165, 1.54) is 0 Å². The fourth-order valence-corrected chi connectivity index (χ4v) is 2.64. The quantitative estimate of drug-likeness (QED) is 0.906. The van der Waals surface area contributed by atoms with Crippen molar-refractivity contribution in [1.82, 2.24) is 9.97 Å². The molecular formula is C15H25N3O. The average Bonchev–Trinajstić information content (AvgIpc) is 2.33. The lowest BCUT2D eigenvalue weighted by Crippen LogP contribution is -2.57. The largest absolute Gasteiger partial charge is 0.381 e. The summed E-state index contributed by atoms with van der Waals surface area (Å²) in [6.45, 7) is 10.8. The Kier molecular flexibility index (Phi) is 3.81. The van der Waals surface area contributed by atoms with E-state index in [4.69, 9.17) is 4.74 Å². The summed E-state index contributed by atoms with van der Waals surface area (Å²) < 4.78 is 5.47. The summed E-state index contributed by atoms with van der Waals surface area (Å²) in [5.41, 5.74) is 2.23. The third kappa shape index (κ3) is 2.73. The molecule has 1 fully saturated rings.